The maximum absolute atomic E-state index is 12.0. The fourth-order valence-electron chi connectivity index (χ4n) is 2.46. The number of carbonyl (C=O) groups excluding carboxylic acids is 2. The Balaban J connectivity index is 1.46. The van der Waals surface area contributed by atoms with Crippen molar-refractivity contribution in [2.45, 2.75) is 6.42 Å². The number of nitrogens with one attached hydrogen (secondary N) is 3. The number of aromatic nitrogens is 1. The van der Waals surface area contributed by atoms with E-state index < -0.39 is 0 Å². The van der Waals surface area contributed by atoms with Gasteiger partial charge in [0.05, 0.1) is 16.8 Å². The van der Waals surface area contributed by atoms with Crippen molar-refractivity contribution in [1.82, 2.24) is 15.7 Å². The van der Waals surface area contributed by atoms with Gasteiger partial charge < -0.3 is 10.3 Å². The lowest BCUT2D eigenvalue weighted by molar-refractivity contribution is -0.120. The van der Waals surface area contributed by atoms with Gasteiger partial charge in [-0.05, 0) is 18.2 Å². The zero-order valence-corrected chi connectivity index (χ0v) is 14.6. The number of hydrazone groups is 1. The minimum Gasteiger partial charge on any atom is -0.361 e. The van der Waals surface area contributed by atoms with Crippen molar-refractivity contribution in [2.24, 2.45) is 5.10 Å². The molecular formula is C19H17ClN4O2. The van der Waals surface area contributed by atoms with E-state index in [9.17, 15) is 9.59 Å². The highest BCUT2D eigenvalue weighted by Gasteiger charge is 2.09. The number of para-hydroxylation sites is 1. The largest absolute Gasteiger partial charge is 0.361 e. The van der Waals surface area contributed by atoms with E-state index in [2.05, 4.69) is 20.8 Å². The van der Waals surface area contributed by atoms with Gasteiger partial charge in [-0.1, -0.05) is 41.9 Å². The molecule has 0 bridgehead atoms. The third-order valence-corrected chi connectivity index (χ3v) is 4.10. The van der Waals surface area contributed by atoms with Crippen molar-refractivity contribution in [1.29, 1.82) is 0 Å². The molecule has 26 heavy (non-hydrogen) atoms. The molecule has 0 aliphatic rings. The highest BCUT2D eigenvalue weighted by molar-refractivity contribution is 6.33. The van der Waals surface area contributed by atoms with E-state index in [4.69, 9.17) is 11.6 Å². The van der Waals surface area contributed by atoms with Crippen LogP contribution >= 0.6 is 11.6 Å². The minimum atomic E-state index is -0.314. The molecule has 1 heterocycles. The number of rotatable bonds is 6. The van der Waals surface area contributed by atoms with Crippen LogP contribution in [0.25, 0.3) is 10.9 Å². The molecular weight excluding hydrogens is 352 g/mol. The fraction of sp³-hybridized carbons (Fsp3) is 0.105. The molecule has 0 saturated heterocycles. The second-order valence-corrected chi connectivity index (χ2v) is 5.98. The predicted molar refractivity (Wildman–Crippen MR) is 102 cm³/mol. The molecule has 0 atom stereocenters. The second-order valence-electron chi connectivity index (χ2n) is 5.57. The summed E-state index contributed by atoms with van der Waals surface area (Å²) < 4.78 is 0. The van der Waals surface area contributed by atoms with Crippen LogP contribution in [0.4, 0.5) is 0 Å². The van der Waals surface area contributed by atoms with Crippen LogP contribution in [-0.2, 0) is 4.79 Å². The number of aromatic amines is 1. The van der Waals surface area contributed by atoms with E-state index in [-0.39, 0.29) is 24.8 Å². The minimum absolute atomic E-state index is 0.113. The van der Waals surface area contributed by atoms with Gasteiger partial charge in [-0.3, -0.25) is 9.59 Å². The standard InChI is InChI=1S/C19H17ClN4O2/c20-16-7-3-1-6-15(16)19(26)21-10-9-18(25)24-23-12-13-11-22-17-8-4-2-5-14(13)17/h1-8,11-12,22H,9-10H2,(H,21,26)(H,24,25)/b23-12+. The van der Waals surface area contributed by atoms with E-state index in [1.807, 2.05) is 30.5 Å². The van der Waals surface area contributed by atoms with E-state index in [0.717, 1.165) is 16.5 Å². The van der Waals surface area contributed by atoms with Gasteiger partial charge in [-0.25, -0.2) is 5.43 Å². The summed E-state index contributed by atoms with van der Waals surface area (Å²) in [7, 11) is 0. The lowest BCUT2D eigenvalue weighted by Gasteiger charge is -2.05. The quantitative estimate of drug-likeness (QED) is 0.461. The van der Waals surface area contributed by atoms with E-state index >= 15 is 0 Å². The highest BCUT2D eigenvalue weighted by atomic mass is 35.5. The molecule has 3 aromatic rings. The third kappa shape index (κ3) is 4.29. The average molecular weight is 369 g/mol. The summed E-state index contributed by atoms with van der Waals surface area (Å²) in [5, 5.41) is 8.01. The molecule has 1 aromatic heterocycles. The van der Waals surface area contributed by atoms with Crippen LogP contribution in [0.15, 0.2) is 59.8 Å². The lowest BCUT2D eigenvalue weighted by atomic mass is 10.2. The Morgan fingerprint density at radius 2 is 1.88 bits per heavy atom. The lowest BCUT2D eigenvalue weighted by Crippen LogP contribution is -2.29. The molecule has 2 aromatic carbocycles. The summed E-state index contributed by atoms with van der Waals surface area (Å²) >= 11 is 5.96. The zero-order valence-electron chi connectivity index (χ0n) is 13.8. The Kier molecular flexibility index (Phi) is 5.66. The number of carbonyl (C=O) groups is 2. The van der Waals surface area contributed by atoms with Gasteiger partial charge in [0.25, 0.3) is 5.91 Å². The van der Waals surface area contributed by atoms with Crippen molar-refractivity contribution in [2.75, 3.05) is 6.54 Å². The summed E-state index contributed by atoms with van der Waals surface area (Å²) in [6, 6.07) is 14.6. The van der Waals surface area contributed by atoms with Crippen LogP contribution in [0.2, 0.25) is 5.02 Å². The number of halogens is 1. The maximum atomic E-state index is 12.0. The number of fused-ring (bicyclic) bond motifs is 1. The number of nitrogens with zero attached hydrogens (tertiary/aromatic N) is 1. The van der Waals surface area contributed by atoms with Gasteiger partial charge in [0.1, 0.15) is 0 Å². The van der Waals surface area contributed by atoms with Crippen LogP contribution < -0.4 is 10.7 Å². The van der Waals surface area contributed by atoms with E-state index in [1.54, 1.807) is 30.5 Å². The first-order valence-corrected chi connectivity index (χ1v) is 8.43. The number of hydrogen-bond acceptors (Lipinski definition) is 3. The van der Waals surface area contributed by atoms with Gasteiger partial charge >= 0.3 is 0 Å². The predicted octanol–water partition coefficient (Wildman–Crippen LogP) is 3.09. The monoisotopic (exact) mass is 368 g/mol. The molecule has 6 nitrogen and oxygen atoms in total. The molecule has 3 N–H and O–H groups in total. The molecule has 132 valence electrons. The Labute approximate surface area is 155 Å². The Morgan fingerprint density at radius 3 is 2.73 bits per heavy atom. The number of amides is 2. The summed E-state index contributed by atoms with van der Waals surface area (Å²) in [6.45, 7) is 0.193. The molecule has 0 saturated carbocycles. The molecule has 7 heteroatoms. The van der Waals surface area contributed by atoms with Crippen LogP contribution in [0.5, 0.6) is 0 Å². The van der Waals surface area contributed by atoms with Gasteiger partial charge in [0.15, 0.2) is 0 Å². The zero-order chi connectivity index (χ0) is 18.4. The van der Waals surface area contributed by atoms with Gasteiger partial charge in [0, 0.05) is 35.6 Å². The summed E-state index contributed by atoms with van der Waals surface area (Å²) in [5.41, 5.74) is 4.72. The first kappa shape index (κ1) is 17.7. The molecule has 0 aliphatic heterocycles. The third-order valence-electron chi connectivity index (χ3n) is 3.77. The van der Waals surface area contributed by atoms with Crippen molar-refractivity contribution in [3.63, 3.8) is 0 Å². The van der Waals surface area contributed by atoms with Crippen LogP contribution in [0.3, 0.4) is 0 Å². The number of benzene rings is 2. The smallest absolute Gasteiger partial charge is 0.252 e. The Hall–Kier alpha value is -3.12. The molecule has 2 amide bonds. The molecule has 0 aliphatic carbocycles. The first-order chi connectivity index (χ1) is 12.6. The van der Waals surface area contributed by atoms with Gasteiger partial charge in [0.2, 0.25) is 5.91 Å². The highest BCUT2D eigenvalue weighted by Crippen LogP contribution is 2.15. The molecule has 0 fully saturated rings. The molecule has 0 radical (unpaired) electrons. The normalized spacial score (nSPS) is 11.0. The van der Waals surface area contributed by atoms with Crippen molar-refractivity contribution in [3.8, 4) is 0 Å². The SMILES string of the molecule is O=C(CCNC(=O)c1ccccc1Cl)N/N=C/c1c[nH]c2ccccc12. The van der Waals surface area contributed by atoms with E-state index in [0.29, 0.717) is 10.6 Å². The summed E-state index contributed by atoms with van der Waals surface area (Å²) in [4.78, 5) is 26.9. The van der Waals surface area contributed by atoms with Gasteiger partial charge in [-0.15, -0.1) is 0 Å². The topological polar surface area (TPSA) is 86.3 Å². The van der Waals surface area contributed by atoms with Crippen molar-refractivity contribution < 1.29 is 9.59 Å². The Bertz CT molecular complexity index is 965. The number of H-pyrrole nitrogens is 1. The van der Waals surface area contributed by atoms with Crippen LogP contribution in [-0.4, -0.2) is 29.6 Å². The second kappa shape index (κ2) is 8.31. The van der Waals surface area contributed by atoms with Crippen LogP contribution in [0, 0.1) is 0 Å². The molecule has 3 rings (SSSR count). The van der Waals surface area contributed by atoms with E-state index in [1.165, 1.54) is 0 Å². The maximum Gasteiger partial charge on any atom is 0.252 e. The first-order valence-electron chi connectivity index (χ1n) is 8.06. The van der Waals surface area contributed by atoms with Crippen LogP contribution in [0.1, 0.15) is 22.3 Å². The summed E-state index contributed by atoms with van der Waals surface area (Å²) in [6.07, 6.45) is 3.52. The molecule has 0 unspecified atom stereocenters. The fourth-order valence-corrected chi connectivity index (χ4v) is 2.68. The summed E-state index contributed by atoms with van der Waals surface area (Å²) in [5.74, 6) is -0.605. The number of hydrogen-bond donors (Lipinski definition) is 3. The van der Waals surface area contributed by atoms with Crippen molar-refractivity contribution in [3.05, 3.63) is 70.9 Å². The Morgan fingerprint density at radius 1 is 1.12 bits per heavy atom. The van der Waals surface area contributed by atoms with Gasteiger partial charge in [-0.2, -0.15) is 5.10 Å². The molecule has 0 spiro atoms. The van der Waals surface area contributed by atoms with Crippen molar-refractivity contribution >= 4 is 40.5 Å². The average Bonchev–Trinajstić information content (AvgIpc) is 3.05.